The molecule has 0 aliphatic heterocycles. The van der Waals surface area contributed by atoms with Gasteiger partial charge in [-0.3, -0.25) is 9.78 Å². The average Bonchev–Trinajstić information content (AvgIpc) is 3.21. The molecule has 28 heavy (non-hydrogen) atoms. The number of guanidine groups is 1. The number of thiazole rings is 1. The molecule has 0 aromatic carbocycles. The van der Waals surface area contributed by atoms with E-state index in [2.05, 4.69) is 35.5 Å². The first-order valence-electron chi connectivity index (χ1n) is 8.28. The third-order valence-electron chi connectivity index (χ3n) is 3.49. The van der Waals surface area contributed by atoms with E-state index in [4.69, 9.17) is 11.5 Å². The van der Waals surface area contributed by atoms with Gasteiger partial charge in [-0.2, -0.15) is 10.1 Å². The molecule has 3 rings (SSSR count). The fraction of sp³-hybridized carbons (Fsp3) is 0.250. The van der Waals surface area contributed by atoms with Gasteiger partial charge in [0.15, 0.2) is 5.96 Å². The van der Waals surface area contributed by atoms with E-state index in [0.29, 0.717) is 30.4 Å². The van der Waals surface area contributed by atoms with Crippen LogP contribution in [0.2, 0.25) is 0 Å². The number of hydrogen-bond acceptors (Lipinski definition) is 9. The first-order valence-corrected chi connectivity index (χ1v) is 10.3. The molecule has 0 spiro atoms. The van der Waals surface area contributed by atoms with E-state index in [9.17, 15) is 4.79 Å². The molecule has 0 aliphatic rings. The Balaban J connectivity index is 1.52. The molecular weight excluding hydrogens is 398 g/mol. The molecule has 0 fully saturated rings. The smallest absolute Gasteiger partial charge is 0.296 e. The van der Waals surface area contributed by atoms with Crippen molar-refractivity contribution >= 4 is 35.0 Å². The molecule has 0 amide bonds. The highest BCUT2D eigenvalue weighted by atomic mass is 32.2. The zero-order valence-electron chi connectivity index (χ0n) is 14.8. The Morgan fingerprint density at radius 2 is 2.32 bits per heavy atom. The van der Waals surface area contributed by atoms with Gasteiger partial charge in [0.25, 0.3) is 5.56 Å². The first-order chi connectivity index (χ1) is 13.6. The third-order valence-corrected chi connectivity index (χ3v) is 5.20. The molecule has 3 heterocycles. The number of aliphatic imine (C=N–C) groups is 1. The molecule has 0 saturated heterocycles. The van der Waals surface area contributed by atoms with Crippen molar-refractivity contribution in [1.82, 2.24) is 25.1 Å². The first kappa shape index (κ1) is 19.8. The number of H-pyrrole nitrogens is 1. The fourth-order valence-electron chi connectivity index (χ4n) is 2.26. The second-order valence-electron chi connectivity index (χ2n) is 5.59. The summed E-state index contributed by atoms with van der Waals surface area (Å²) in [5.74, 6) is 0.991. The van der Waals surface area contributed by atoms with E-state index in [1.54, 1.807) is 17.9 Å². The minimum absolute atomic E-state index is 0.0119. The molecule has 6 N–H and O–H groups in total. The Kier molecular flexibility index (Phi) is 6.92. The lowest BCUT2D eigenvalue weighted by Gasteiger charge is -2.11. The Bertz CT molecular complexity index is 956. The van der Waals surface area contributed by atoms with Crippen LogP contribution in [0.15, 0.2) is 45.2 Å². The lowest BCUT2D eigenvalue weighted by atomic mass is 10.2. The summed E-state index contributed by atoms with van der Waals surface area (Å²) in [5, 5.41) is 11.5. The van der Waals surface area contributed by atoms with Crippen molar-refractivity contribution in [1.29, 1.82) is 0 Å². The van der Waals surface area contributed by atoms with E-state index in [-0.39, 0.29) is 16.9 Å². The van der Waals surface area contributed by atoms with E-state index in [1.165, 1.54) is 23.1 Å². The molecule has 10 nitrogen and oxygen atoms in total. The van der Waals surface area contributed by atoms with Gasteiger partial charge in [0, 0.05) is 36.5 Å². The van der Waals surface area contributed by atoms with E-state index in [1.807, 2.05) is 17.5 Å². The van der Waals surface area contributed by atoms with Crippen molar-refractivity contribution in [3.63, 3.8) is 0 Å². The lowest BCUT2D eigenvalue weighted by Crippen LogP contribution is -2.23. The summed E-state index contributed by atoms with van der Waals surface area (Å²) in [6.07, 6.45) is 3.75. The van der Waals surface area contributed by atoms with Gasteiger partial charge in [0.1, 0.15) is 11.1 Å². The zero-order chi connectivity index (χ0) is 19.8. The van der Waals surface area contributed by atoms with Crippen LogP contribution in [0, 0.1) is 0 Å². The topological polar surface area (TPSA) is 161 Å². The fourth-order valence-corrected chi connectivity index (χ4v) is 3.86. The van der Waals surface area contributed by atoms with E-state index >= 15 is 0 Å². The van der Waals surface area contributed by atoms with Gasteiger partial charge in [-0.25, -0.2) is 15.1 Å². The van der Waals surface area contributed by atoms with Gasteiger partial charge in [-0.05, 0) is 11.6 Å². The van der Waals surface area contributed by atoms with Gasteiger partial charge in [-0.1, -0.05) is 6.07 Å². The van der Waals surface area contributed by atoms with Gasteiger partial charge in [0.05, 0.1) is 11.2 Å². The maximum Gasteiger partial charge on any atom is 0.296 e. The summed E-state index contributed by atoms with van der Waals surface area (Å²) >= 11 is 3.00. The lowest BCUT2D eigenvalue weighted by molar-refractivity contribution is 0.862. The number of hydrogen-bond donors (Lipinski definition) is 4. The molecule has 0 aliphatic carbocycles. The van der Waals surface area contributed by atoms with Crippen LogP contribution in [0.3, 0.4) is 0 Å². The Morgan fingerprint density at radius 3 is 3.00 bits per heavy atom. The Labute approximate surface area is 168 Å². The highest BCUT2D eigenvalue weighted by Gasteiger charge is 2.13. The third kappa shape index (κ3) is 5.76. The number of aromatic nitrogens is 5. The Morgan fingerprint density at radius 1 is 1.43 bits per heavy atom. The predicted octanol–water partition coefficient (Wildman–Crippen LogP) is 0.725. The second kappa shape index (κ2) is 9.80. The summed E-state index contributed by atoms with van der Waals surface area (Å²) in [4.78, 5) is 28.6. The van der Waals surface area contributed by atoms with Crippen LogP contribution in [-0.4, -0.2) is 43.4 Å². The average molecular weight is 418 g/mol. The van der Waals surface area contributed by atoms with Gasteiger partial charge in [-0.15, -0.1) is 23.1 Å². The molecular formula is C16H19N9OS2. The largest absolute Gasteiger partial charge is 0.370 e. The summed E-state index contributed by atoms with van der Waals surface area (Å²) in [6, 6.07) is 3.69. The van der Waals surface area contributed by atoms with E-state index < -0.39 is 0 Å². The quantitative estimate of drug-likeness (QED) is 0.223. The number of anilines is 1. The van der Waals surface area contributed by atoms with Crippen molar-refractivity contribution in [3.8, 4) is 0 Å². The van der Waals surface area contributed by atoms with Crippen LogP contribution < -0.4 is 22.3 Å². The van der Waals surface area contributed by atoms with Crippen molar-refractivity contribution in [2.45, 2.75) is 11.8 Å². The number of thioether (sulfide) groups is 1. The second-order valence-corrected chi connectivity index (χ2v) is 7.50. The number of nitrogens with one attached hydrogen (secondary N) is 2. The number of nitrogens with zero attached hydrogens (tertiary/aromatic N) is 5. The summed E-state index contributed by atoms with van der Waals surface area (Å²) in [5.41, 5.74) is 14.4. The summed E-state index contributed by atoms with van der Waals surface area (Å²) < 4.78 is 0. The van der Waals surface area contributed by atoms with Crippen LogP contribution in [0.25, 0.3) is 0 Å². The molecule has 0 bridgehead atoms. The van der Waals surface area contributed by atoms with Crippen molar-refractivity contribution < 1.29 is 0 Å². The summed E-state index contributed by atoms with van der Waals surface area (Å²) in [6.45, 7) is 0.540. The Hall–Kier alpha value is -2.99. The van der Waals surface area contributed by atoms with Crippen LogP contribution in [0.1, 0.15) is 22.3 Å². The predicted molar refractivity (Wildman–Crippen MR) is 111 cm³/mol. The molecule has 1 unspecified atom stereocenters. The molecule has 0 saturated carbocycles. The highest BCUT2D eigenvalue weighted by Crippen LogP contribution is 2.29. The molecule has 12 heteroatoms. The molecule has 0 radical (unpaired) electrons. The maximum absolute atomic E-state index is 12.2. The van der Waals surface area contributed by atoms with Gasteiger partial charge >= 0.3 is 0 Å². The number of pyridine rings is 1. The van der Waals surface area contributed by atoms with Gasteiger partial charge < -0.3 is 16.8 Å². The number of rotatable bonds is 9. The van der Waals surface area contributed by atoms with Crippen LogP contribution in [0.4, 0.5) is 5.95 Å². The molecule has 1 atom stereocenters. The van der Waals surface area contributed by atoms with Gasteiger partial charge in [0.2, 0.25) is 5.95 Å². The zero-order valence-corrected chi connectivity index (χ0v) is 16.4. The number of nitrogens with two attached hydrogens (primary N) is 2. The normalized spacial score (nSPS) is 11.7. The summed E-state index contributed by atoms with van der Waals surface area (Å²) in [7, 11) is 0. The molecule has 3 aromatic heterocycles. The minimum Gasteiger partial charge on any atom is -0.370 e. The van der Waals surface area contributed by atoms with Crippen LogP contribution in [0.5, 0.6) is 0 Å². The van der Waals surface area contributed by atoms with Crippen molar-refractivity contribution in [2.24, 2.45) is 16.5 Å². The standard InChI is InChI=1S/C16H19N9OS2/c17-15(18)23-14(12-8-27-9-21-12)28-5-4-20-16-22-13(26)11(24-25-16)6-10-2-1-3-19-7-10/h1-3,7-9,14H,4-6H2,(H4,17,18,23)(H2,20,22,25,26). The SMILES string of the molecule is NC(N)=NC(SCCNc1nc(=O)c(Cc2cccnc2)n[nH]1)c1cscn1. The van der Waals surface area contributed by atoms with Crippen molar-refractivity contribution in [2.75, 3.05) is 17.6 Å². The number of aromatic amines is 1. The molecule has 3 aromatic rings. The van der Waals surface area contributed by atoms with Crippen molar-refractivity contribution in [3.05, 3.63) is 62.7 Å². The maximum atomic E-state index is 12.2. The molecule has 146 valence electrons. The van der Waals surface area contributed by atoms with E-state index in [0.717, 1.165) is 11.3 Å². The highest BCUT2D eigenvalue weighted by molar-refractivity contribution is 7.99. The minimum atomic E-state index is -0.376. The van der Waals surface area contributed by atoms with Crippen LogP contribution in [-0.2, 0) is 6.42 Å². The monoisotopic (exact) mass is 417 g/mol. The van der Waals surface area contributed by atoms with Crippen LogP contribution >= 0.6 is 23.1 Å².